The van der Waals surface area contributed by atoms with Gasteiger partial charge in [0.15, 0.2) is 11.9 Å². The molecule has 1 fully saturated rings. The van der Waals surface area contributed by atoms with Crippen molar-refractivity contribution in [2.24, 2.45) is 5.92 Å². The Balaban J connectivity index is 1.85. The van der Waals surface area contributed by atoms with Crippen molar-refractivity contribution >= 4 is 16.9 Å². The molecule has 1 aliphatic rings. The number of esters is 1. The average molecular weight is 272 g/mol. The number of nitrogens with one attached hydrogen (secondary N) is 1. The lowest BCUT2D eigenvalue weighted by atomic mass is 9.86. The molecule has 1 N–H and O–H groups in total. The normalized spacial score (nSPS) is 16.6. The maximum absolute atomic E-state index is 12.0. The first-order chi connectivity index (χ1) is 9.65. The first kappa shape index (κ1) is 12.8. The van der Waals surface area contributed by atoms with Crippen molar-refractivity contribution in [3.05, 3.63) is 40.4 Å². The first-order valence-corrected chi connectivity index (χ1v) is 6.84. The Hall–Kier alpha value is -2.17. The fourth-order valence-electron chi connectivity index (χ4n) is 2.27. The van der Waals surface area contributed by atoms with E-state index in [1.807, 2.05) is 6.07 Å². The van der Waals surface area contributed by atoms with Crippen molar-refractivity contribution in [1.82, 2.24) is 9.97 Å². The summed E-state index contributed by atoms with van der Waals surface area (Å²) >= 11 is 0. The third-order valence-corrected chi connectivity index (χ3v) is 3.75. The fourth-order valence-corrected chi connectivity index (χ4v) is 2.27. The van der Waals surface area contributed by atoms with E-state index in [0.717, 1.165) is 19.3 Å². The van der Waals surface area contributed by atoms with Crippen LogP contribution in [0.15, 0.2) is 29.1 Å². The molecule has 104 valence electrons. The summed E-state index contributed by atoms with van der Waals surface area (Å²) in [5.74, 6) is 0.213. The minimum atomic E-state index is -0.541. The molecule has 0 bridgehead atoms. The molecule has 0 aliphatic heterocycles. The number of H-pyrrole nitrogens is 1. The third-order valence-electron chi connectivity index (χ3n) is 3.75. The van der Waals surface area contributed by atoms with Crippen molar-refractivity contribution in [3.63, 3.8) is 0 Å². The zero-order valence-corrected chi connectivity index (χ0v) is 11.3. The van der Waals surface area contributed by atoms with Crippen LogP contribution in [0.25, 0.3) is 10.9 Å². The molecule has 1 saturated carbocycles. The standard InChI is InChI=1S/C15H16N2O3/c1-9(20-15(19)10-5-4-6-10)13-16-12-8-3-2-7-11(12)14(18)17-13/h2-3,7-10H,4-6H2,1H3,(H,16,17,18)/t9-/m0/s1. The summed E-state index contributed by atoms with van der Waals surface area (Å²) in [6.45, 7) is 1.73. The zero-order chi connectivity index (χ0) is 14.1. The Labute approximate surface area is 116 Å². The van der Waals surface area contributed by atoms with E-state index in [-0.39, 0.29) is 17.4 Å². The predicted molar refractivity (Wildman–Crippen MR) is 74.2 cm³/mol. The summed E-state index contributed by atoms with van der Waals surface area (Å²) in [5, 5.41) is 0.536. The highest BCUT2D eigenvalue weighted by molar-refractivity contribution is 5.77. The molecule has 0 radical (unpaired) electrons. The van der Waals surface area contributed by atoms with Crippen LogP contribution in [-0.2, 0) is 9.53 Å². The number of hydrogen-bond donors (Lipinski definition) is 1. The zero-order valence-electron chi connectivity index (χ0n) is 11.3. The van der Waals surface area contributed by atoms with Gasteiger partial charge in [-0.15, -0.1) is 0 Å². The van der Waals surface area contributed by atoms with E-state index in [1.165, 1.54) is 0 Å². The number of fused-ring (bicyclic) bond motifs is 1. The second kappa shape index (κ2) is 5.07. The van der Waals surface area contributed by atoms with E-state index in [1.54, 1.807) is 25.1 Å². The topological polar surface area (TPSA) is 72.0 Å². The van der Waals surface area contributed by atoms with Crippen LogP contribution in [0.3, 0.4) is 0 Å². The lowest BCUT2D eigenvalue weighted by molar-refractivity contribution is -0.156. The number of rotatable bonds is 3. The number of benzene rings is 1. The molecule has 0 amide bonds. The molecular weight excluding hydrogens is 256 g/mol. The number of aromatic amines is 1. The third kappa shape index (κ3) is 2.31. The van der Waals surface area contributed by atoms with E-state index in [2.05, 4.69) is 9.97 Å². The largest absolute Gasteiger partial charge is 0.454 e. The molecule has 1 aliphatic carbocycles. The minimum absolute atomic E-state index is 0.0182. The van der Waals surface area contributed by atoms with E-state index in [4.69, 9.17) is 4.74 Å². The van der Waals surface area contributed by atoms with E-state index < -0.39 is 6.10 Å². The molecule has 3 rings (SSSR count). The van der Waals surface area contributed by atoms with Crippen LogP contribution in [0.4, 0.5) is 0 Å². The number of aromatic nitrogens is 2. The molecule has 0 spiro atoms. The van der Waals surface area contributed by atoms with Gasteiger partial charge >= 0.3 is 5.97 Å². The lowest BCUT2D eigenvalue weighted by Crippen LogP contribution is -2.26. The Morgan fingerprint density at radius 1 is 1.40 bits per heavy atom. The van der Waals surface area contributed by atoms with Crippen molar-refractivity contribution < 1.29 is 9.53 Å². The van der Waals surface area contributed by atoms with Gasteiger partial charge in [-0.25, -0.2) is 4.98 Å². The molecule has 5 heteroatoms. The highest BCUT2D eigenvalue weighted by Crippen LogP contribution is 2.29. The van der Waals surface area contributed by atoms with Gasteiger partial charge in [0, 0.05) is 0 Å². The van der Waals surface area contributed by atoms with Crippen molar-refractivity contribution in [2.75, 3.05) is 0 Å². The number of ether oxygens (including phenoxy) is 1. The quantitative estimate of drug-likeness (QED) is 0.870. The van der Waals surface area contributed by atoms with E-state index in [9.17, 15) is 9.59 Å². The minimum Gasteiger partial charge on any atom is -0.454 e. The van der Waals surface area contributed by atoms with Crippen LogP contribution in [0.5, 0.6) is 0 Å². The number of carbonyl (C=O) groups is 1. The van der Waals surface area contributed by atoms with Gasteiger partial charge in [-0.1, -0.05) is 18.6 Å². The number of hydrogen-bond acceptors (Lipinski definition) is 4. The van der Waals surface area contributed by atoms with Crippen molar-refractivity contribution in [3.8, 4) is 0 Å². The van der Waals surface area contributed by atoms with Gasteiger partial charge in [-0.05, 0) is 31.9 Å². The molecule has 5 nitrogen and oxygen atoms in total. The van der Waals surface area contributed by atoms with E-state index >= 15 is 0 Å². The maximum atomic E-state index is 12.0. The lowest BCUT2D eigenvalue weighted by Gasteiger charge is -2.24. The Morgan fingerprint density at radius 3 is 2.85 bits per heavy atom. The molecule has 1 heterocycles. The second-order valence-corrected chi connectivity index (χ2v) is 5.18. The highest BCUT2D eigenvalue weighted by Gasteiger charge is 2.28. The number of para-hydroxylation sites is 1. The summed E-state index contributed by atoms with van der Waals surface area (Å²) in [6, 6.07) is 7.10. The SMILES string of the molecule is C[C@H](OC(=O)C1CCC1)c1nc2ccccc2c(=O)[nH]1. The monoisotopic (exact) mass is 272 g/mol. The van der Waals surface area contributed by atoms with Gasteiger partial charge in [0.05, 0.1) is 16.8 Å². The Morgan fingerprint density at radius 2 is 2.15 bits per heavy atom. The predicted octanol–water partition coefficient (Wildman–Crippen LogP) is 2.33. The average Bonchev–Trinajstić information content (AvgIpc) is 2.36. The van der Waals surface area contributed by atoms with Crippen LogP contribution >= 0.6 is 0 Å². The molecule has 0 unspecified atom stereocenters. The van der Waals surface area contributed by atoms with Crippen LogP contribution in [0, 0.1) is 5.92 Å². The van der Waals surface area contributed by atoms with Gasteiger partial charge in [0.1, 0.15) is 0 Å². The van der Waals surface area contributed by atoms with Gasteiger partial charge < -0.3 is 9.72 Å². The number of carbonyl (C=O) groups excluding carboxylic acids is 1. The summed E-state index contributed by atoms with van der Waals surface area (Å²) < 4.78 is 5.37. The molecule has 1 aromatic carbocycles. The second-order valence-electron chi connectivity index (χ2n) is 5.18. The fraction of sp³-hybridized carbons (Fsp3) is 0.400. The van der Waals surface area contributed by atoms with E-state index in [0.29, 0.717) is 16.7 Å². The van der Waals surface area contributed by atoms with Gasteiger partial charge in [-0.2, -0.15) is 0 Å². The van der Waals surface area contributed by atoms with Crippen LogP contribution in [0.1, 0.15) is 38.1 Å². The Bertz CT molecular complexity index is 704. The summed E-state index contributed by atoms with van der Waals surface area (Å²) in [5.41, 5.74) is 0.398. The van der Waals surface area contributed by atoms with Crippen molar-refractivity contribution in [2.45, 2.75) is 32.3 Å². The molecule has 1 atom stereocenters. The number of nitrogens with zero attached hydrogens (tertiary/aromatic N) is 1. The molecule has 0 saturated heterocycles. The molecule has 1 aromatic heterocycles. The Kier molecular flexibility index (Phi) is 3.26. The highest BCUT2D eigenvalue weighted by atomic mass is 16.5. The summed E-state index contributed by atoms with van der Waals surface area (Å²) in [7, 11) is 0. The first-order valence-electron chi connectivity index (χ1n) is 6.84. The van der Waals surface area contributed by atoms with Crippen LogP contribution < -0.4 is 5.56 Å². The van der Waals surface area contributed by atoms with Crippen LogP contribution in [-0.4, -0.2) is 15.9 Å². The summed E-state index contributed by atoms with van der Waals surface area (Å²) in [4.78, 5) is 30.8. The molecule has 20 heavy (non-hydrogen) atoms. The maximum Gasteiger partial charge on any atom is 0.309 e. The molecule has 2 aromatic rings. The smallest absolute Gasteiger partial charge is 0.309 e. The summed E-state index contributed by atoms with van der Waals surface area (Å²) in [6.07, 6.45) is 2.33. The van der Waals surface area contributed by atoms with Gasteiger partial charge in [0.25, 0.3) is 5.56 Å². The molecular formula is C15H16N2O3. The van der Waals surface area contributed by atoms with Gasteiger partial charge in [-0.3, -0.25) is 9.59 Å². The van der Waals surface area contributed by atoms with Crippen molar-refractivity contribution in [1.29, 1.82) is 0 Å². The van der Waals surface area contributed by atoms with Crippen LogP contribution in [0.2, 0.25) is 0 Å². The van der Waals surface area contributed by atoms with Gasteiger partial charge in [0.2, 0.25) is 0 Å².